The summed E-state index contributed by atoms with van der Waals surface area (Å²) in [6, 6.07) is 5.52. The second kappa shape index (κ2) is 4.37. The van der Waals surface area contributed by atoms with Gasteiger partial charge in [0.15, 0.2) is 5.82 Å². The largest absolute Gasteiger partial charge is 0.305 e. The van der Waals surface area contributed by atoms with Gasteiger partial charge in [0.25, 0.3) is 5.91 Å². The lowest BCUT2D eigenvalue weighted by Crippen LogP contribution is -2.13. The van der Waals surface area contributed by atoms with E-state index in [1.807, 2.05) is 13.8 Å². The predicted octanol–water partition coefficient (Wildman–Crippen LogP) is 2.42. The molecule has 0 unspecified atom stereocenters. The Hall–Kier alpha value is -2.17. The minimum atomic E-state index is -0.437. The summed E-state index contributed by atoms with van der Waals surface area (Å²) >= 11 is 0. The molecule has 5 heteroatoms. The Labute approximate surface area is 97.9 Å². The number of carbonyl (C=O) groups is 1. The van der Waals surface area contributed by atoms with Crippen molar-refractivity contribution >= 4 is 11.7 Å². The Morgan fingerprint density at radius 2 is 2.18 bits per heavy atom. The van der Waals surface area contributed by atoms with Gasteiger partial charge >= 0.3 is 0 Å². The van der Waals surface area contributed by atoms with Gasteiger partial charge in [-0.2, -0.15) is 5.10 Å². The summed E-state index contributed by atoms with van der Waals surface area (Å²) in [5.74, 6) is -0.344. The number of aryl methyl sites for hydroxylation is 1. The quantitative estimate of drug-likeness (QED) is 0.836. The van der Waals surface area contributed by atoms with Crippen LogP contribution in [0.4, 0.5) is 10.2 Å². The van der Waals surface area contributed by atoms with Gasteiger partial charge in [-0.05, 0) is 32.0 Å². The van der Waals surface area contributed by atoms with Crippen LogP contribution in [0.15, 0.2) is 24.3 Å². The number of aromatic amines is 1. The van der Waals surface area contributed by atoms with E-state index < -0.39 is 5.82 Å². The molecule has 1 amide bonds. The monoisotopic (exact) mass is 233 g/mol. The van der Waals surface area contributed by atoms with Crippen LogP contribution >= 0.6 is 0 Å². The van der Waals surface area contributed by atoms with Gasteiger partial charge in [0.1, 0.15) is 5.82 Å². The molecule has 0 aliphatic heterocycles. The van der Waals surface area contributed by atoms with Gasteiger partial charge in [-0.25, -0.2) is 4.39 Å². The number of nitrogens with zero attached hydrogens (tertiary/aromatic N) is 1. The van der Waals surface area contributed by atoms with Crippen molar-refractivity contribution in [2.75, 3.05) is 5.32 Å². The minimum Gasteiger partial charge on any atom is -0.305 e. The van der Waals surface area contributed by atoms with Crippen LogP contribution < -0.4 is 5.32 Å². The molecule has 0 spiro atoms. The van der Waals surface area contributed by atoms with Crippen molar-refractivity contribution in [3.05, 3.63) is 46.9 Å². The highest BCUT2D eigenvalue weighted by Crippen LogP contribution is 2.15. The van der Waals surface area contributed by atoms with Crippen LogP contribution in [0.25, 0.3) is 0 Å². The van der Waals surface area contributed by atoms with E-state index in [0.29, 0.717) is 5.82 Å². The van der Waals surface area contributed by atoms with Crippen LogP contribution in [-0.2, 0) is 0 Å². The van der Waals surface area contributed by atoms with E-state index in [9.17, 15) is 9.18 Å². The zero-order valence-corrected chi connectivity index (χ0v) is 9.54. The average molecular weight is 233 g/mol. The molecule has 0 radical (unpaired) electrons. The summed E-state index contributed by atoms with van der Waals surface area (Å²) in [5, 5.41) is 9.35. The third-order valence-electron chi connectivity index (χ3n) is 2.57. The van der Waals surface area contributed by atoms with E-state index in [1.54, 1.807) is 6.07 Å². The van der Waals surface area contributed by atoms with Crippen molar-refractivity contribution in [2.45, 2.75) is 13.8 Å². The van der Waals surface area contributed by atoms with Gasteiger partial charge in [-0.15, -0.1) is 0 Å². The number of hydrogen-bond donors (Lipinski definition) is 2. The van der Waals surface area contributed by atoms with Crippen molar-refractivity contribution < 1.29 is 9.18 Å². The Morgan fingerprint density at radius 3 is 2.76 bits per heavy atom. The molecule has 0 fully saturated rings. The molecule has 1 heterocycles. The SMILES string of the molecule is Cc1[nH]nc(NC(=O)c2cccc(F)c2)c1C. The fourth-order valence-electron chi connectivity index (χ4n) is 1.42. The molecule has 2 rings (SSSR count). The third-order valence-corrected chi connectivity index (χ3v) is 2.57. The number of amides is 1. The van der Waals surface area contributed by atoms with Crippen LogP contribution in [0.2, 0.25) is 0 Å². The number of rotatable bonds is 2. The molecule has 2 aromatic rings. The van der Waals surface area contributed by atoms with Gasteiger partial charge < -0.3 is 5.32 Å². The maximum atomic E-state index is 12.9. The Morgan fingerprint density at radius 1 is 1.41 bits per heavy atom. The fraction of sp³-hybridized carbons (Fsp3) is 0.167. The summed E-state index contributed by atoms with van der Waals surface area (Å²) < 4.78 is 12.9. The Bertz CT molecular complexity index is 563. The van der Waals surface area contributed by atoms with E-state index in [2.05, 4.69) is 15.5 Å². The Balaban J connectivity index is 2.20. The predicted molar refractivity (Wildman–Crippen MR) is 62.4 cm³/mol. The molecule has 0 atom stereocenters. The third kappa shape index (κ3) is 2.33. The maximum absolute atomic E-state index is 12.9. The highest BCUT2D eigenvalue weighted by Gasteiger charge is 2.11. The number of hydrogen-bond acceptors (Lipinski definition) is 2. The highest BCUT2D eigenvalue weighted by molar-refractivity contribution is 6.04. The molecule has 17 heavy (non-hydrogen) atoms. The second-order valence-electron chi connectivity index (χ2n) is 3.79. The lowest BCUT2D eigenvalue weighted by molar-refractivity contribution is 0.102. The van der Waals surface area contributed by atoms with E-state index in [1.165, 1.54) is 18.2 Å². The maximum Gasteiger partial charge on any atom is 0.256 e. The molecule has 0 saturated heterocycles. The number of anilines is 1. The topological polar surface area (TPSA) is 57.8 Å². The smallest absolute Gasteiger partial charge is 0.256 e. The summed E-state index contributed by atoms with van der Waals surface area (Å²) in [6.07, 6.45) is 0. The summed E-state index contributed by atoms with van der Waals surface area (Å²) in [7, 11) is 0. The Kier molecular flexibility index (Phi) is 2.91. The normalized spacial score (nSPS) is 10.3. The number of carbonyl (C=O) groups excluding carboxylic acids is 1. The molecule has 1 aromatic carbocycles. The molecule has 0 saturated carbocycles. The van der Waals surface area contributed by atoms with Crippen LogP contribution in [0.1, 0.15) is 21.6 Å². The van der Waals surface area contributed by atoms with Gasteiger partial charge in [-0.3, -0.25) is 9.89 Å². The first-order chi connectivity index (χ1) is 8.08. The van der Waals surface area contributed by atoms with Gasteiger partial charge in [0.2, 0.25) is 0 Å². The van der Waals surface area contributed by atoms with Gasteiger partial charge in [0, 0.05) is 16.8 Å². The zero-order valence-electron chi connectivity index (χ0n) is 9.54. The van der Waals surface area contributed by atoms with E-state index in [4.69, 9.17) is 0 Å². The molecule has 88 valence electrons. The van der Waals surface area contributed by atoms with Crippen LogP contribution in [0.3, 0.4) is 0 Å². The van der Waals surface area contributed by atoms with Gasteiger partial charge in [0.05, 0.1) is 0 Å². The van der Waals surface area contributed by atoms with Crippen LogP contribution in [0.5, 0.6) is 0 Å². The second-order valence-corrected chi connectivity index (χ2v) is 3.79. The van der Waals surface area contributed by atoms with E-state index >= 15 is 0 Å². The van der Waals surface area contributed by atoms with Gasteiger partial charge in [-0.1, -0.05) is 6.07 Å². The molecule has 2 N–H and O–H groups in total. The summed E-state index contributed by atoms with van der Waals surface area (Å²) in [6.45, 7) is 3.71. The summed E-state index contributed by atoms with van der Waals surface area (Å²) in [5.41, 5.74) is 2.03. The minimum absolute atomic E-state index is 0.269. The van der Waals surface area contributed by atoms with Crippen LogP contribution in [0, 0.1) is 19.7 Å². The molecule has 0 bridgehead atoms. The van der Waals surface area contributed by atoms with Crippen molar-refractivity contribution in [3.8, 4) is 0 Å². The number of halogens is 1. The first-order valence-electron chi connectivity index (χ1n) is 5.16. The number of H-pyrrole nitrogens is 1. The zero-order chi connectivity index (χ0) is 12.4. The molecule has 1 aromatic heterocycles. The number of aromatic nitrogens is 2. The molecule has 0 aliphatic rings. The van der Waals surface area contributed by atoms with Crippen LogP contribution in [-0.4, -0.2) is 16.1 Å². The highest BCUT2D eigenvalue weighted by atomic mass is 19.1. The lowest BCUT2D eigenvalue weighted by atomic mass is 10.2. The average Bonchev–Trinajstić information content (AvgIpc) is 2.61. The van der Waals surface area contributed by atoms with Crippen molar-refractivity contribution in [3.63, 3.8) is 0 Å². The standard InChI is InChI=1S/C12H12FN3O/c1-7-8(2)15-16-11(7)14-12(17)9-4-3-5-10(13)6-9/h3-6H,1-2H3,(H2,14,15,16,17). The van der Waals surface area contributed by atoms with E-state index in [-0.39, 0.29) is 11.5 Å². The first-order valence-corrected chi connectivity index (χ1v) is 5.16. The molecular formula is C12H12FN3O. The fourth-order valence-corrected chi connectivity index (χ4v) is 1.42. The lowest BCUT2D eigenvalue weighted by Gasteiger charge is -2.03. The van der Waals surface area contributed by atoms with E-state index in [0.717, 1.165) is 11.3 Å². The van der Waals surface area contributed by atoms with Crippen molar-refractivity contribution in [2.24, 2.45) is 0 Å². The molecule has 0 aliphatic carbocycles. The van der Waals surface area contributed by atoms with Crippen molar-refractivity contribution in [1.29, 1.82) is 0 Å². The van der Waals surface area contributed by atoms with Crippen molar-refractivity contribution in [1.82, 2.24) is 10.2 Å². The first kappa shape index (κ1) is 11.3. The number of benzene rings is 1. The molecular weight excluding hydrogens is 221 g/mol. The summed E-state index contributed by atoms with van der Waals surface area (Å²) in [4.78, 5) is 11.8. The molecule has 4 nitrogen and oxygen atoms in total. The number of nitrogens with one attached hydrogen (secondary N) is 2.